The molecule has 0 unspecified atom stereocenters. The molecule has 0 saturated heterocycles. The van der Waals surface area contributed by atoms with E-state index in [-0.39, 0.29) is 5.75 Å². The van der Waals surface area contributed by atoms with Crippen LogP contribution in [0.15, 0.2) is 54.6 Å². The van der Waals surface area contributed by atoms with Crippen LogP contribution < -0.4 is 14.3 Å². The molecule has 0 aliphatic rings. The van der Waals surface area contributed by atoms with Crippen LogP contribution >= 0.6 is 7.82 Å². The lowest BCUT2D eigenvalue weighted by Gasteiger charge is -2.29. The van der Waals surface area contributed by atoms with Crippen molar-refractivity contribution in [1.29, 1.82) is 0 Å². The second kappa shape index (κ2) is 4.35. The normalized spacial score (nSPS) is 11.9. The molecule has 0 aliphatic heterocycles. The first-order valence-corrected chi connectivity index (χ1v) is 7.13. The van der Waals surface area contributed by atoms with Crippen molar-refractivity contribution in [3.8, 4) is 5.75 Å². The van der Waals surface area contributed by atoms with Crippen molar-refractivity contribution < 1.29 is 18.9 Å². The molecule has 0 bridgehead atoms. The summed E-state index contributed by atoms with van der Waals surface area (Å²) in [4.78, 5) is 21.5. The second-order valence-corrected chi connectivity index (χ2v) is 5.25. The van der Waals surface area contributed by atoms with E-state index < -0.39 is 7.82 Å². The third-order valence-electron chi connectivity index (χ3n) is 2.96. The molecule has 5 heteroatoms. The van der Waals surface area contributed by atoms with Crippen molar-refractivity contribution in [1.82, 2.24) is 0 Å². The summed E-state index contributed by atoms with van der Waals surface area (Å²) in [6.45, 7) is 0. The first kappa shape index (κ1) is 12.2. The minimum absolute atomic E-state index is 0.0663. The number of fused-ring (bicyclic) bond motifs is 3. The molecule has 0 aliphatic carbocycles. The Morgan fingerprint density at radius 1 is 0.789 bits per heavy atom. The molecule has 0 radical (unpaired) electrons. The van der Waals surface area contributed by atoms with Gasteiger partial charge in [-0.3, -0.25) is 0 Å². The average Bonchev–Trinajstić information content (AvgIpc) is 2.37. The second-order valence-electron chi connectivity index (χ2n) is 4.18. The molecule has 4 nitrogen and oxygen atoms in total. The third-order valence-corrected chi connectivity index (χ3v) is 3.38. The molecule has 0 atom stereocenters. The zero-order chi connectivity index (χ0) is 13.5. The van der Waals surface area contributed by atoms with Gasteiger partial charge < -0.3 is 18.9 Å². The number of phosphoric acid groups is 1. The summed E-state index contributed by atoms with van der Waals surface area (Å²) in [5.74, 6) is 0.0663. The Labute approximate surface area is 109 Å². The molecule has 3 rings (SSSR count). The summed E-state index contributed by atoms with van der Waals surface area (Å²) in [5.41, 5.74) is 0. The molecule has 3 aromatic rings. The van der Waals surface area contributed by atoms with Crippen LogP contribution in [0.25, 0.3) is 21.5 Å². The smallest absolute Gasteiger partial charge is 0.132 e. The molecule has 0 fully saturated rings. The Bertz CT molecular complexity index is 807. The Balaban J connectivity index is 2.32. The van der Waals surface area contributed by atoms with Gasteiger partial charge in [0.15, 0.2) is 0 Å². The third kappa shape index (κ3) is 2.34. The van der Waals surface area contributed by atoms with E-state index in [0.29, 0.717) is 5.39 Å². The van der Waals surface area contributed by atoms with E-state index in [1.807, 2.05) is 36.4 Å². The summed E-state index contributed by atoms with van der Waals surface area (Å²) in [5, 5.41) is 3.48. The molecule has 0 aromatic heterocycles. The van der Waals surface area contributed by atoms with E-state index in [0.717, 1.165) is 16.2 Å². The lowest BCUT2D eigenvalue weighted by molar-refractivity contribution is -0.333. The monoisotopic (exact) mass is 272 g/mol. The fourth-order valence-electron chi connectivity index (χ4n) is 2.21. The SMILES string of the molecule is O=P([O-])([O-])Oc1cccc2c1ccc1ccccc12. The molecular formula is C14H9O4P-2. The molecule has 3 aromatic carbocycles. The van der Waals surface area contributed by atoms with Crippen LogP contribution in [0.2, 0.25) is 0 Å². The van der Waals surface area contributed by atoms with Gasteiger partial charge in [0.1, 0.15) is 13.6 Å². The van der Waals surface area contributed by atoms with Crippen LogP contribution in [0.1, 0.15) is 0 Å². The van der Waals surface area contributed by atoms with Crippen LogP contribution in [0.4, 0.5) is 0 Å². The number of phosphoric ester groups is 1. The van der Waals surface area contributed by atoms with Crippen LogP contribution in [-0.4, -0.2) is 0 Å². The molecule has 19 heavy (non-hydrogen) atoms. The van der Waals surface area contributed by atoms with Crippen molar-refractivity contribution >= 4 is 29.4 Å². The first-order chi connectivity index (χ1) is 9.04. The molecule has 0 heterocycles. The standard InChI is InChI=1S/C14H11O4P/c15-19(16,17)18-14-7-3-6-12-11-5-2-1-4-10(11)8-9-13(12)14/h1-9H,(H2,15,16,17)/p-2. The minimum Gasteiger partial charge on any atom is -0.780 e. The molecule has 96 valence electrons. The van der Waals surface area contributed by atoms with E-state index in [4.69, 9.17) is 0 Å². The molecule has 0 amide bonds. The summed E-state index contributed by atoms with van der Waals surface area (Å²) >= 11 is 0. The molecule has 0 saturated carbocycles. The number of rotatable bonds is 2. The Morgan fingerprint density at radius 2 is 1.53 bits per heavy atom. The van der Waals surface area contributed by atoms with Crippen LogP contribution in [0, 0.1) is 0 Å². The maximum absolute atomic E-state index is 10.8. The number of hydrogen-bond donors (Lipinski definition) is 0. The maximum atomic E-state index is 10.8. The van der Waals surface area contributed by atoms with Crippen molar-refractivity contribution in [3.63, 3.8) is 0 Å². The summed E-state index contributed by atoms with van der Waals surface area (Å²) < 4.78 is 15.3. The predicted molar refractivity (Wildman–Crippen MR) is 69.7 cm³/mol. The van der Waals surface area contributed by atoms with Gasteiger partial charge in [0.05, 0.1) is 0 Å². The summed E-state index contributed by atoms with van der Waals surface area (Å²) in [6.07, 6.45) is 0. The van der Waals surface area contributed by atoms with Crippen molar-refractivity contribution in [2.75, 3.05) is 0 Å². The Hall–Kier alpha value is -1.87. The van der Waals surface area contributed by atoms with Crippen molar-refractivity contribution in [2.24, 2.45) is 0 Å². The fourth-order valence-corrected chi connectivity index (χ4v) is 2.61. The van der Waals surface area contributed by atoms with Gasteiger partial charge in [0.2, 0.25) is 0 Å². The van der Waals surface area contributed by atoms with Gasteiger partial charge in [-0.25, -0.2) is 0 Å². The van der Waals surface area contributed by atoms with Gasteiger partial charge in [0.25, 0.3) is 0 Å². The van der Waals surface area contributed by atoms with Gasteiger partial charge in [-0.1, -0.05) is 48.5 Å². The highest BCUT2D eigenvalue weighted by Crippen LogP contribution is 2.37. The van der Waals surface area contributed by atoms with E-state index in [2.05, 4.69) is 4.52 Å². The van der Waals surface area contributed by atoms with E-state index in [1.54, 1.807) is 12.1 Å². The minimum atomic E-state index is -5.05. The highest BCUT2D eigenvalue weighted by atomic mass is 31.2. The van der Waals surface area contributed by atoms with Crippen molar-refractivity contribution in [3.05, 3.63) is 54.6 Å². The quantitative estimate of drug-likeness (QED) is 0.529. The van der Waals surface area contributed by atoms with Gasteiger partial charge in [-0.15, -0.1) is 0 Å². The lowest BCUT2D eigenvalue weighted by Crippen LogP contribution is -2.18. The van der Waals surface area contributed by atoms with Crippen LogP contribution in [0.3, 0.4) is 0 Å². The summed E-state index contributed by atoms with van der Waals surface area (Å²) in [6, 6.07) is 16.4. The van der Waals surface area contributed by atoms with Crippen LogP contribution in [-0.2, 0) is 4.57 Å². The molecule has 0 N–H and O–H groups in total. The number of hydrogen-bond acceptors (Lipinski definition) is 4. The highest BCUT2D eigenvalue weighted by molar-refractivity contribution is 7.43. The zero-order valence-electron chi connectivity index (χ0n) is 9.78. The lowest BCUT2D eigenvalue weighted by atomic mass is 10.0. The zero-order valence-corrected chi connectivity index (χ0v) is 10.7. The predicted octanol–water partition coefficient (Wildman–Crippen LogP) is 2.20. The highest BCUT2D eigenvalue weighted by Gasteiger charge is 2.06. The average molecular weight is 272 g/mol. The number of benzene rings is 3. The maximum Gasteiger partial charge on any atom is 0.132 e. The van der Waals surface area contributed by atoms with E-state index in [1.165, 1.54) is 6.07 Å². The Kier molecular flexibility index (Phi) is 2.79. The van der Waals surface area contributed by atoms with E-state index >= 15 is 0 Å². The first-order valence-electron chi connectivity index (χ1n) is 5.67. The van der Waals surface area contributed by atoms with Gasteiger partial charge in [-0.05, 0) is 22.2 Å². The van der Waals surface area contributed by atoms with Gasteiger partial charge in [0, 0.05) is 5.39 Å². The molecule has 0 spiro atoms. The van der Waals surface area contributed by atoms with Crippen molar-refractivity contribution in [2.45, 2.75) is 0 Å². The van der Waals surface area contributed by atoms with Crippen LogP contribution in [0.5, 0.6) is 5.75 Å². The van der Waals surface area contributed by atoms with E-state index in [9.17, 15) is 14.4 Å². The van der Waals surface area contributed by atoms with Gasteiger partial charge in [-0.2, -0.15) is 0 Å². The largest absolute Gasteiger partial charge is 0.780 e. The topological polar surface area (TPSA) is 72.4 Å². The Morgan fingerprint density at radius 3 is 2.32 bits per heavy atom. The van der Waals surface area contributed by atoms with Gasteiger partial charge >= 0.3 is 0 Å². The summed E-state index contributed by atoms with van der Waals surface area (Å²) in [7, 11) is -5.05. The molecular weight excluding hydrogens is 263 g/mol. The fraction of sp³-hybridized carbons (Fsp3) is 0.